The molecule has 0 atom stereocenters. The van der Waals surface area contributed by atoms with Crippen LogP contribution in [0.4, 0.5) is 5.69 Å². The highest BCUT2D eigenvalue weighted by molar-refractivity contribution is 7.90. The van der Waals surface area contributed by atoms with Crippen LogP contribution in [0.2, 0.25) is 0 Å². The molecule has 3 rings (SSSR count). The normalized spacial score (nSPS) is 11.3. The van der Waals surface area contributed by atoms with Crippen molar-refractivity contribution in [2.24, 2.45) is 0 Å². The molecule has 0 fully saturated rings. The van der Waals surface area contributed by atoms with E-state index < -0.39 is 9.84 Å². The quantitative estimate of drug-likeness (QED) is 0.786. The predicted molar refractivity (Wildman–Crippen MR) is 88.9 cm³/mol. The van der Waals surface area contributed by atoms with Gasteiger partial charge in [-0.1, -0.05) is 18.2 Å². The minimum atomic E-state index is -3.38. The molecule has 0 saturated heterocycles. The van der Waals surface area contributed by atoms with Gasteiger partial charge in [-0.2, -0.15) is 5.10 Å². The second kappa shape index (κ2) is 5.98. The highest BCUT2D eigenvalue weighted by Gasteiger charge is 2.15. The van der Waals surface area contributed by atoms with Crippen molar-refractivity contribution in [3.05, 3.63) is 59.0 Å². The van der Waals surface area contributed by atoms with Gasteiger partial charge < -0.3 is 5.32 Å². The Bertz CT molecular complexity index is 944. The van der Waals surface area contributed by atoms with Gasteiger partial charge in [0, 0.05) is 6.26 Å². The van der Waals surface area contributed by atoms with Gasteiger partial charge in [0.15, 0.2) is 9.84 Å². The van der Waals surface area contributed by atoms with Crippen molar-refractivity contribution in [2.45, 2.75) is 4.90 Å². The average molecular weight is 347 g/mol. The van der Waals surface area contributed by atoms with Crippen LogP contribution in [0.15, 0.2) is 59.1 Å². The summed E-state index contributed by atoms with van der Waals surface area (Å²) in [4.78, 5) is 12.8. The summed E-state index contributed by atoms with van der Waals surface area (Å²) < 4.78 is 25.1. The summed E-state index contributed by atoms with van der Waals surface area (Å²) in [6.45, 7) is 0. The van der Waals surface area contributed by atoms with Gasteiger partial charge in [-0.25, -0.2) is 13.1 Å². The molecule has 1 N–H and O–H groups in total. The predicted octanol–water partition coefficient (Wildman–Crippen LogP) is 2.59. The zero-order chi connectivity index (χ0) is 16.4. The van der Waals surface area contributed by atoms with Gasteiger partial charge in [-0.15, -0.1) is 11.3 Å². The molecule has 0 saturated carbocycles. The molecule has 0 aliphatic heterocycles. The van der Waals surface area contributed by atoms with E-state index in [4.69, 9.17) is 0 Å². The van der Waals surface area contributed by atoms with E-state index in [9.17, 15) is 13.2 Å². The number of amides is 1. The van der Waals surface area contributed by atoms with Crippen LogP contribution in [0.1, 0.15) is 9.67 Å². The molecule has 0 radical (unpaired) electrons. The topological polar surface area (TPSA) is 81.1 Å². The maximum Gasteiger partial charge on any atom is 0.265 e. The molecule has 8 heteroatoms. The number of rotatable bonds is 4. The third-order valence-electron chi connectivity index (χ3n) is 3.10. The Morgan fingerprint density at radius 2 is 2.00 bits per heavy atom. The molecular weight excluding hydrogens is 334 g/mol. The number of aromatic nitrogens is 2. The van der Waals surface area contributed by atoms with Crippen LogP contribution < -0.4 is 5.32 Å². The van der Waals surface area contributed by atoms with Crippen molar-refractivity contribution in [2.75, 3.05) is 11.6 Å². The number of benzene rings is 1. The van der Waals surface area contributed by atoms with Crippen LogP contribution in [0.25, 0.3) is 5.69 Å². The van der Waals surface area contributed by atoms with Crippen molar-refractivity contribution in [3.8, 4) is 5.69 Å². The van der Waals surface area contributed by atoms with E-state index in [0.29, 0.717) is 16.3 Å². The van der Waals surface area contributed by atoms with Gasteiger partial charge in [-0.3, -0.25) is 4.79 Å². The third-order valence-corrected chi connectivity index (χ3v) is 5.11. The van der Waals surface area contributed by atoms with Crippen molar-refractivity contribution < 1.29 is 13.2 Å². The molecule has 118 valence electrons. The molecule has 0 spiro atoms. The van der Waals surface area contributed by atoms with Gasteiger partial charge >= 0.3 is 0 Å². The number of hydrogen-bond donors (Lipinski definition) is 1. The Hall–Kier alpha value is -2.45. The van der Waals surface area contributed by atoms with Crippen molar-refractivity contribution in [1.82, 2.24) is 9.78 Å². The highest BCUT2D eigenvalue weighted by Crippen LogP contribution is 2.21. The minimum absolute atomic E-state index is 0.180. The number of sulfone groups is 1. The lowest BCUT2D eigenvalue weighted by atomic mass is 10.3. The number of para-hydroxylation sites is 1. The Labute approximate surface area is 137 Å². The summed E-state index contributed by atoms with van der Waals surface area (Å²) in [6, 6.07) is 10.1. The molecule has 2 heterocycles. The maximum absolute atomic E-state index is 12.0. The molecular formula is C15H13N3O3S2. The summed E-state index contributed by atoms with van der Waals surface area (Å²) in [5.41, 5.74) is 0.929. The number of hydrogen-bond acceptors (Lipinski definition) is 5. The maximum atomic E-state index is 12.0. The van der Waals surface area contributed by atoms with Crippen molar-refractivity contribution in [3.63, 3.8) is 0 Å². The van der Waals surface area contributed by atoms with Crippen LogP contribution in [-0.4, -0.2) is 30.4 Å². The Balaban J connectivity index is 1.90. The second-order valence-electron chi connectivity index (χ2n) is 4.84. The number of carbonyl (C=O) groups excluding carboxylic acids is 1. The smallest absolute Gasteiger partial charge is 0.265 e. The van der Waals surface area contributed by atoms with Crippen molar-refractivity contribution in [1.29, 1.82) is 0 Å². The molecule has 1 aromatic carbocycles. The second-order valence-corrected chi connectivity index (χ2v) is 7.78. The summed E-state index contributed by atoms with van der Waals surface area (Å²) in [5, 5.41) is 8.69. The molecule has 6 nitrogen and oxygen atoms in total. The number of nitrogens with zero attached hydrogens (tertiary/aromatic N) is 2. The summed E-state index contributed by atoms with van der Waals surface area (Å²) in [5.74, 6) is -0.226. The SMILES string of the molecule is CS(=O)(=O)c1ccccc1-n1cc(NC(=O)c2cccs2)cn1. The van der Waals surface area contributed by atoms with E-state index in [1.54, 1.807) is 36.5 Å². The summed E-state index contributed by atoms with van der Waals surface area (Å²) in [7, 11) is -3.38. The number of thiophene rings is 1. The van der Waals surface area contributed by atoms with Gasteiger partial charge in [0.05, 0.1) is 33.5 Å². The fraction of sp³-hybridized carbons (Fsp3) is 0.0667. The lowest BCUT2D eigenvalue weighted by Crippen LogP contribution is -2.09. The third kappa shape index (κ3) is 3.33. The number of carbonyl (C=O) groups is 1. The van der Waals surface area contributed by atoms with Crippen LogP contribution in [0.3, 0.4) is 0 Å². The van der Waals surface area contributed by atoms with Crippen LogP contribution >= 0.6 is 11.3 Å². The molecule has 2 aromatic heterocycles. The first kappa shape index (κ1) is 15.4. The Morgan fingerprint density at radius 1 is 1.22 bits per heavy atom. The zero-order valence-electron chi connectivity index (χ0n) is 12.1. The van der Waals surface area contributed by atoms with Crippen LogP contribution in [0.5, 0.6) is 0 Å². The molecule has 0 aliphatic carbocycles. The van der Waals surface area contributed by atoms with Gasteiger partial charge in [0.2, 0.25) is 0 Å². The first-order valence-corrected chi connectivity index (χ1v) is 9.41. The number of anilines is 1. The number of nitrogens with one attached hydrogen (secondary N) is 1. The van der Waals surface area contributed by atoms with E-state index in [2.05, 4.69) is 10.4 Å². The van der Waals surface area contributed by atoms with Gasteiger partial charge in [0.25, 0.3) is 5.91 Å². The van der Waals surface area contributed by atoms with Gasteiger partial charge in [-0.05, 0) is 23.6 Å². The molecule has 23 heavy (non-hydrogen) atoms. The summed E-state index contributed by atoms with van der Waals surface area (Å²) in [6.07, 6.45) is 4.20. The zero-order valence-corrected chi connectivity index (χ0v) is 13.8. The lowest BCUT2D eigenvalue weighted by Gasteiger charge is -2.07. The largest absolute Gasteiger partial charge is 0.319 e. The highest BCUT2D eigenvalue weighted by atomic mass is 32.2. The van der Waals surface area contributed by atoms with E-state index in [0.717, 1.165) is 6.26 Å². The monoisotopic (exact) mass is 347 g/mol. The van der Waals surface area contributed by atoms with E-state index in [1.165, 1.54) is 28.3 Å². The standard InChI is InChI=1S/C15H13N3O3S2/c1-23(20,21)14-7-3-2-5-12(14)18-10-11(9-16-18)17-15(19)13-6-4-8-22-13/h2-10H,1H3,(H,17,19). The van der Waals surface area contributed by atoms with Crippen LogP contribution in [-0.2, 0) is 9.84 Å². The molecule has 0 unspecified atom stereocenters. The minimum Gasteiger partial charge on any atom is -0.319 e. The Kier molecular flexibility index (Phi) is 4.01. The summed E-state index contributed by atoms with van der Waals surface area (Å²) >= 11 is 1.34. The molecule has 0 bridgehead atoms. The lowest BCUT2D eigenvalue weighted by molar-refractivity contribution is 0.103. The fourth-order valence-electron chi connectivity index (χ4n) is 2.08. The molecule has 3 aromatic rings. The van der Waals surface area contributed by atoms with E-state index >= 15 is 0 Å². The van der Waals surface area contributed by atoms with E-state index in [1.807, 2.05) is 5.38 Å². The fourth-order valence-corrected chi connectivity index (χ4v) is 3.57. The van der Waals surface area contributed by atoms with Crippen molar-refractivity contribution >= 4 is 32.8 Å². The van der Waals surface area contributed by atoms with E-state index in [-0.39, 0.29) is 10.8 Å². The first-order chi connectivity index (χ1) is 10.9. The Morgan fingerprint density at radius 3 is 2.70 bits per heavy atom. The molecule has 0 aliphatic rings. The van der Waals surface area contributed by atoms with Crippen LogP contribution in [0, 0.1) is 0 Å². The average Bonchev–Trinajstić information content (AvgIpc) is 3.18. The molecule has 1 amide bonds. The van der Waals surface area contributed by atoms with Gasteiger partial charge in [0.1, 0.15) is 0 Å². The first-order valence-electron chi connectivity index (χ1n) is 6.64.